The Labute approximate surface area is 78.7 Å². The predicted octanol–water partition coefficient (Wildman–Crippen LogP) is 0.154. The second-order valence-corrected chi connectivity index (χ2v) is 3.80. The van der Waals surface area contributed by atoms with E-state index in [1.807, 2.05) is 4.90 Å². The van der Waals surface area contributed by atoms with Crippen LogP contribution in [-0.4, -0.2) is 43.2 Å². The molecular formula is C9H17N3O. The van der Waals surface area contributed by atoms with Gasteiger partial charge in [-0.15, -0.1) is 0 Å². The molecule has 2 amide bonds. The van der Waals surface area contributed by atoms with Crippen molar-refractivity contribution in [3.8, 4) is 0 Å². The van der Waals surface area contributed by atoms with Crippen LogP contribution in [0.15, 0.2) is 0 Å². The summed E-state index contributed by atoms with van der Waals surface area (Å²) in [4.78, 5) is 13.0. The summed E-state index contributed by atoms with van der Waals surface area (Å²) in [6.07, 6.45) is 3.99. The topological polar surface area (TPSA) is 44.4 Å². The van der Waals surface area contributed by atoms with Gasteiger partial charge in [0.25, 0.3) is 0 Å². The van der Waals surface area contributed by atoms with Gasteiger partial charge in [-0.25, -0.2) is 4.79 Å². The van der Waals surface area contributed by atoms with E-state index >= 15 is 0 Å². The average molecular weight is 183 g/mol. The number of urea groups is 1. The van der Waals surface area contributed by atoms with Crippen LogP contribution in [0.2, 0.25) is 0 Å². The maximum Gasteiger partial charge on any atom is 0.317 e. The van der Waals surface area contributed by atoms with Crippen LogP contribution in [0.25, 0.3) is 0 Å². The molecular weight excluding hydrogens is 166 g/mol. The molecule has 4 heteroatoms. The van der Waals surface area contributed by atoms with Crippen molar-refractivity contribution in [3.63, 3.8) is 0 Å². The van der Waals surface area contributed by atoms with Crippen molar-refractivity contribution >= 4 is 6.03 Å². The number of hydrogen-bond acceptors (Lipinski definition) is 2. The van der Waals surface area contributed by atoms with E-state index in [9.17, 15) is 4.79 Å². The average Bonchev–Trinajstić information content (AvgIpc) is 2.42. The third kappa shape index (κ3) is 2.12. The first-order valence-corrected chi connectivity index (χ1v) is 5.12. The lowest BCUT2D eigenvalue weighted by atomic mass is 9.93. The molecule has 1 saturated carbocycles. The van der Waals surface area contributed by atoms with Gasteiger partial charge in [0.15, 0.2) is 0 Å². The third-order valence-electron chi connectivity index (χ3n) is 2.87. The number of carbonyl (C=O) groups excluding carboxylic acids is 1. The lowest BCUT2D eigenvalue weighted by Gasteiger charge is -2.27. The van der Waals surface area contributed by atoms with Crippen LogP contribution in [-0.2, 0) is 0 Å². The largest absolute Gasteiger partial charge is 0.336 e. The van der Waals surface area contributed by atoms with Crippen LogP contribution in [0, 0.1) is 0 Å². The van der Waals surface area contributed by atoms with Gasteiger partial charge in [0.2, 0.25) is 0 Å². The fraction of sp³-hybridized carbons (Fsp3) is 0.889. The van der Waals surface area contributed by atoms with E-state index in [-0.39, 0.29) is 6.03 Å². The molecule has 1 heterocycles. The van der Waals surface area contributed by atoms with Crippen molar-refractivity contribution in [1.29, 1.82) is 0 Å². The van der Waals surface area contributed by atoms with E-state index in [0.717, 1.165) is 32.2 Å². The van der Waals surface area contributed by atoms with Crippen LogP contribution in [0.1, 0.15) is 19.3 Å². The van der Waals surface area contributed by atoms with E-state index in [1.165, 1.54) is 19.3 Å². The standard InChI is InChI=1S/C9H17N3O/c13-9-11-5-7-12(9)6-4-10-8-2-1-3-8/h8,10H,1-7H2,(H,11,13). The maximum absolute atomic E-state index is 11.1. The maximum atomic E-state index is 11.1. The fourth-order valence-corrected chi connectivity index (χ4v) is 1.74. The molecule has 2 N–H and O–H groups in total. The predicted molar refractivity (Wildman–Crippen MR) is 50.6 cm³/mol. The zero-order valence-electron chi connectivity index (χ0n) is 7.88. The Hall–Kier alpha value is -0.770. The van der Waals surface area contributed by atoms with Gasteiger partial charge in [-0.3, -0.25) is 0 Å². The van der Waals surface area contributed by atoms with Gasteiger partial charge >= 0.3 is 6.03 Å². The zero-order chi connectivity index (χ0) is 9.10. The molecule has 1 aliphatic heterocycles. The molecule has 2 fully saturated rings. The highest BCUT2D eigenvalue weighted by Gasteiger charge is 2.20. The van der Waals surface area contributed by atoms with Crippen LogP contribution in [0.3, 0.4) is 0 Å². The minimum atomic E-state index is 0.0930. The molecule has 13 heavy (non-hydrogen) atoms. The Balaban J connectivity index is 1.58. The Morgan fingerprint density at radius 2 is 2.38 bits per heavy atom. The molecule has 4 nitrogen and oxygen atoms in total. The van der Waals surface area contributed by atoms with Crippen LogP contribution in [0.5, 0.6) is 0 Å². The second-order valence-electron chi connectivity index (χ2n) is 3.80. The first kappa shape index (κ1) is 8.81. The molecule has 1 aliphatic carbocycles. The smallest absolute Gasteiger partial charge is 0.317 e. The Bertz CT molecular complexity index is 191. The number of amides is 2. The molecule has 0 unspecified atom stereocenters. The highest BCUT2D eigenvalue weighted by atomic mass is 16.2. The van der Waals surface area contributed by atoms with Crippen molar-refractivity contribution in [3.05, 3.63) is 0 Å². The number of nitrogens with one attached hydrogen (secondary N) is 2. The third-order valence-corrected chi connectivity index (χ3v) is 2.87. The second kappa shape index (κ2) is 3.96. The number of rotatable bonds is 4. The number of nitrogens with zero attached hydrogens (tertiary/aromatic N) is 1. The van der Waals surface area contributed by atoms with E-state index in [0.29, 0.717) is 0 Å². The highest BCUT2D eigenvalue weighted by molar-refractivity contribution is 5.76. The minimum Gasteiger partial charge on any atom is -0.336 e. The van der Waals surface area contributed by atoms with Crippen LogP contribution >= 0.6 is 0 Å². The van der Waals surface area contributed by atoms with Crippen molar-refractivity contribution in [2.75, 3.05) is 26.2 Å². The minimum absolute atomic E-state index is 0.0930. The molecule has 2 aliphatic rings. The first-order chi connectivity index (χ1) is 6.36. The van der Waals surface area contributed by atoms with E-state index in [2.05, 4.69) is 10.6 Å². The lowest BCUT2D eigenvalue weighted by Crippen LogP contribution is -2.41. The Morgan fingerprint density at radius 1 is 1.54 bits per heavy atom. The monoisotopic (exact) mass is 183 g/mol. The molecule has 0 aromatic rings. The number of hydrogen-bond donors (Lipinski definition) is 2. The summed E-state index contributed by atoms with van der Waals surface area (Å²) in [7, 11) is 0. The first-order valence-electron chi connectivity index (χ1n) is 5.12. The van der Waals surface area contributed by atoms with Gasteiger partial charge in [-0.2, -0.15) is 0 Å². The zero-order valence-corrected chi connectivity index (χ0v) is 7.88. The molecule has 74 valence electrons. The quantitative estimate of drug-likeness (QED) is 0.652. The van der Waals surface area contributed by atoms with Crippen LogP contribution < -0.4 is 10.6 Å². The molecule has 0 spiro atoms. The van der Waals surface area contributed by atoms with Gasteiger partial charge in [0, 0.05) is 32.2 Å². The van der Waals surface area contributed by atoms with Crippen LogP contribution in [0.4, 0.5) is 4.79 Å². The normalized spacial score (nSPS) is 23.1. The summed E-state index contributed by atoms with van der Waals surface area (Å²) in [5, 5.41) is 6.24. The molecule has 0 radical (unpaired) electrons. The van der Waals surface area contributed by atoms with Gasteiger partial charge < -0.3 is 15.5 Å². The van der Waals surface area contributed by atoms with Gasteiger partial charge in [-0.05, 0) is 12.8 Å². The van der Waals surface area contributed by atoms with Crippen molar-refractivity contribution < 1.29 is 4.79 Å². The lowest BCUT2D eigenvalue weighted by molar-refractivity contribution is 0.215. The molecule has 0 aromatic carbocycles. The van der Waals surface area contributed by atoms with Gasteiger partial charge in [-0.1, -0.05) is 6.42 Å². The van der Waals surface area contributed by atoms with Crippen molar-refractivity contribution in [1.82, 2.24) is 15.5 Å². The summed E-state index contributed by atoms with van der Waals surface area (Å²) in [5.74, 6) is 0. The summed E-state index contributed by atoms with van der Waals surface area (Å²) in [5.41, 5.74) is 0. The molecule has 1 saturated heterocycles. The molecule has 2 rings (SSSR count). The molecule has 0 bridgehead atoms. The summed E-state index contributed by atoms with van der Waals surface area (Å²) in [6, 6.07) is 0.820. The number of carbonyl (C=O) groups is 1. The van der Waals surface area contributed by atoms with Gasteiger partial charge in [0.05, 0.1) is 0 Å². The van der Waals surface area contributed by atoms with E-state index in [4.69, 9.17) is 0 Å². The van der Waals surface area contributed by atoms with Crippen molar-refractivity contribution in [2.24, 2.45) is 0 Å². The molecule has 0 atom stereocenters. The molecule has 0 aromatic heterocycles. The Kier molecular flexibility index (Phi) is 2.68. The van der Waals surface area contributed by atoms with E-state index in [1.54, 1.807) is 0 Å². The van der Waals surface area contributed by atoms with Crippen molar-refractivity contribution in [2.45, 2.75) is 25.3 Å². The highest BCUT2D eigenvalue weighted by Crippen LogP contribution is 2.17. The summed E-state index contributed by atoms with van der Waals surface area (Å²) in [6.45, 7) is 3.47. The summed E-state index contributed by atoms with van der Waals surface area (Å²) < 4.78 is 0. The summed E-state index contributed by atoms with van der Waals surface area (Å²) >= 11 is 0. The van der Waals surface area contributed by atoms with E-state index < -0.39 is 0 Å². The van der Waals surface area contributed by atoms with Gasteiger partial charge in [0.1, 0.15) is 0 Å². The SMILES string of the molecule is O=C1NCCN1CCNC1CCC1. The Morgan fingerprint density at radius 3 is 2.92 bits per heavy atom. The fourth-order valence-electron chi connectivity index (χ4n) is 1.74.